The van der Waals surface area contributed by atoms with E-state index in [0.717, 1.165) is 10.2 Å². The summed E-state index contributed by atoms with van der Waals surface area (Å²) in [6.45, 7) is 3.75. The van der Waals surface area contributed by atoms with Crippen LogP contribution >= 0.6 is 15.9 Å². The molecule has 3 rings (SSSR count). The Morgan fingerprint density at radius 1 is 1.39 bits per heavy atom. The van der Waals surface area contributed by atoms with Crippen molar-refractivity contribution in [3.05, 3.63) is 38.9 Å². The number of pyridine rings is 1. The van der Waals surface area contributed by atoms with E-state index in [1.54, 1.807) is 19.3 Å². The first-order valence-electron chi connectivity index (χ1n) is 7.45. The fourth-order valence-electron chi connectivity index (χ4n) is 2.66. The van der Waals surface area contributed by atoms with Crippen molar-refractivity contribution in [1.82, 2.24) is 19.2 Å². The minimum absolute atomic E-state index is 0.123. The molecule has 8 heteroatoms. The molecule has 1 N–H and O–H groups in total. The maximum Gasteiger partial charge on any atom is 0.274 e. The lowest BCUT2D eigenvalue weighted by molar-refractivity contribution is -0.132. The largest absolute Gasteiger partial charge is 0.335 e. The molecule has 122 valence electrons. The zero-order valence-electron chi connectivity index (χ0n) is 13.0. The number of carbonyl (C=O) groups is 1. The molecule has 3 heterocycles. The minimum atomic E-state index is -0.123. The summed E-state index contributed by atoms with van der Waals surface area (Å²) in [5.41, 5.74) is 1.30. The van der Waals surface area contributed by atoms with E-state index in [1.165, 1.54) is 4.57 Å². The maximum atomic E-state index is 12.1. The van der Waals surface area contributed by atoms with Gasteiger partial charge in [0, 0.05) is 36.7 Å². The molecule has 0 radical (unpaired) electrons. The topological polar surface area (TPSA) is 72.2 Å². The zero-order chi connectivity index (χ0) is 16.6. The van der Waals surface area contributed by atoms with Crippen LogP contribution in [-0.2, 0) is 24.9 Å². The first kappa shape index (κ1) is 15.8. The molecule has 0 aromatic carbocycles. The number of amides is 1. The molecule has 0 bridgehead atoms. The number of halogens is 1. The third kappa shape index (κ3) is 3.17. The Hall–Kier alpha value is -2.09. The molecule has 1 amide bonds. The predicted molar refractivity (Wildman–Crippen MR) is 90.6 cm³/mol. The van der Waals surface area contributed by atoms with Crippen molar-refractivity contribution < 1.29 is 4.79 Å². The van der Waals surface area contributed by atoms with Gasteiger partial charge < -0.3 is 14.8 Å². The second-order valence-electron chi connectivity index (χ2n) is 5.53. The van der Waals surface area contributed by atoms with E-state index in [0.29, 0.717) is 37.6 Å². The monoisotopic (exact) mass is 379 g/mol. The summed E-state index contributed by atoms with van der Waals surface area (Å²) in [5, 5.41) is 7.54. The van der Waals surface area contributed by atoms with Gasteiger partial charge in [0.05, 0.1) is 18.8 Å². The van der Waals surface area contributed by atoms with Crippen molar-refractivity contribution in [1.29, 1.82) is 0 Å². The number of aryl methyl sites for hydroxylation is 1. The van der Waals surface area contributed by atoms with Crippen LogP contribution in [0.3, 0.4) is 0 Å². The molecule has 1 aliphatic heterocycles. The highest BCUT2D eigenvalue weighted by Gasteiger charge is 2.21. The Kier molecular flexibility index (Phi) is 4.25. The quantitative estimate of drug-likeness (QED) is 0.882. The van der Waals surface area contributed by atoms with Crippen molar-refractivity contribution in [2.75, 3.05) is 11.9 Å². The summed E-state index contributed by atoms with van der Waals surface area (Å²) < 4.78 is 4.19. The highest BCUT2D eigenvalue weighted by molar-refractivity contribution is 9.10. The van der Waals surface area contributed by atoms with Gasteiger partial charge in [0.25, 0.3) is 5.56 Å². The van der Waals surface area contributed by atoms with Crippen LogP contribution in [0.25, 0.3) is 0 Å². The third-order valence-electron chi connectivity index (χ3n) is 3.87. The van der Waals surface area contributed by atoms with Crippen LogP contribution in [0.2, 0.25) is 0 Å². The number of rotatable bonds is 3. The lowest BCUT2D eigenvalue weighted by Crippen LogP contribution is -2.37. The summed E-state index contributed by atoms with van der Waals surface area (Å²) in [4.78, 5) is 25.8. The van der Waals surface area contributed by atoms with E-state index in [9.17, 15) is 9.59 Å². The number of aromatic nitrogens is 3. The molecule has 0 spiro atoms. The smallest absolute Gasteiger partial charge is 0.274 e. The SMILES string of the molecule is CCC(=O)N1CCn2nc(Nc3cc(Br)cn(C)c3=O)cc2C1. The molecule has 0 saturated carbocycles. The van der Waals surface area contributed by atoms with Gasteiger partial charge in [-0.05, 0) is 22.0 Å². The lowest BCUT2D eigenvalue weighted by atomic mass is 10.2. The summed E-state index contributed by atoms with van der Waals surface area (Å²) in [6, 6.07) is 3.61. The fraction of sp³-hybridized carbons (Fsp3) is 0.400. The molecule has 0 saturated heterocycles. The van der Waals surface area contributed by atoms with E-state index in [1.807, 2.05) is 22.6 Å². The van der Waals surface area contributed by atoms with Crippen LogP contribution < -0.4 is 10.9 Å². The maximum absolute atomic E-state index is 12.1. The molecule has 1 aliphatic rings. The standard InChI is InChI=1S/C15H18BrN5O2/c1-3-14(22)20-4-5-21-11(9-20)7-13(18-21)17-12-6-10(16)8-19(2)15(12)23/h6-8H,3-5,9H2,1-2H3,(H,17,18). The molecule has 0 unspecified atom stereocenters. The average molecular weight is 380 g/mol. The molecular formula is C15H18BrN5O2. The molecule has 2 aromatic heterocycles. The van der Waals surface area contributed by atoms with Gasteiger partial charge in [-0.2, -0.15) is 5.10 Å². The Labute approximate surface area is 142 Å². The van der Waals surface area contributed by atoms with E-state index in [2.05, 4.69) is 26.3 Å². The highest BCUT2D eigenvalue weighted by atomic mass is 79.9. The van der Waals surface area contributed by atoms with E-state index in [-0.39, 0.29) is 11.5 Å². The molecular weight excluding hydrogens is 362 g/mol. The number of anilines is 2. The Bertz CT molecular complexity index is 811. The number of nitrogens with one attached hydrogen (secondary N) is 1. The Balaban J connectivity index is 1.84. The van der Waals surface area contributed by atoms with Gasteiger partial charge in [0.15, 0.2) is 5.82 Å². The summed E-state index contributed by atoms with van der Waals surface area (Å²) >= 11 is 3.38. The van der Waals surface area contributed by atoms with Crippen LogP contribution in [0.15, 0.2) is 27.6 Å². The van der Waals surface area contributed by atoms with E-state index >= 15 is 0 Å². The number of carbonyl (C=O) groups excluding carboxylic acids is 1. The summed E-state index contributed by atoms with van der Waals surface area (Å²) in [5.74, 6) is 0.758. The van der Waals surface area contributed by atoms with Gasteiger partial charge in [-0.1, -0.05) is 6.92 Å². The first-order chi connectivity index (χ1) is 11.0. The normalized spacial score (nSPS) is 13.8. The molecule has 0 fully saturated rings. The molecule has 0 aliphatic carbocycles. The van der Waals surface area contributed by atoms with Gasteiger partial charge in [0.2, 0.25) is 5.91 Å². The van der Waals surface area contributed by atoms with E-state index in [4.69, 9.17) is 0 Å². The second kappa shape index (κ2) is 6.19. The Morgan fingerprint density at radius 2 is 2.17 bits per heavy atom. The summed E-state index contributed by atoms with van der Waals surface area (Å²) in [7, 11) is 1.70. The van der Waals surface area contributed by atoms with Crippen molar-refractivity contribution in [3.63, 3.8) is 0 Å². The van der Waals surface area contributed by atoms with Gasteiger partial charge in [-0.3, -0.25) is 14.3 Å². The lowest BCUT2D eigenvalue weighted by Gasteiger charge is -2.27. The number of fused-ring (bicyclic) bond motifs is 1. The first-order valence-corrected chi connectivity index (χ1v) is 8.25. The van der Waals surface area contributed by atoms with Crippen LogP contribution in [0.4, 0.5) is 11.5 Å². The van der Waals surface area contributed by atoms with Gasteiger partial charge in [-0.15, -0.1) is 0 Å². The van der Waals surface area contributed by atoms with Crippen LogP contribution in [-0.4, -0.2) is 31.7 Å². The third-order valence-corrected chi connectivity index (χ3v) is 4.30. The van der Waals surface area contributed by atoms with Gasteiger partial charge >= 0.3 is 0 Å². The van der Waals surface area contributed by atoms with Crippen molar-refractivity contribution in [3.8, 4) is 0 Å². The molecule has 2 aromatic rings. The molecule has 7 nitrogen and oxygen atoms in total. The fourth-order valence-corrected chi connectivity index (χ4v) is 3.20. The zero-order valence-corrected chi connectivity index (χ0v) is 14.6. The molecule has 23 heavy (non-hydrogen) atoms. The minimum Gasteiger partial charge on any atom is -0.335 e. The number of nitrogens with zero attached hydrogens (tertiary/aromatic N) is 4. The van der Waals surface area contributed by atoms with E-state index < -0.39 is 0 Å². The van der Waals surface area contributed by atoms with Crippen LogP contribution in [0.1, 0.15) is 19.0 Å². The second-order valence-corrected chi connectivity index (χ2v) is 6.44. The highest BCUT2D eigenvalue weighted by Crippen LogP contribution is 2.20. The Morgan fingerprint density at radius 3 is 2.91 bits per heavy atom. The van der Waals surface area contributed by atoms with Crippen molar-refractivity contribution in [2.45, 2.75) is 26.4 Å². The number of hydrogen-bond donors (Lipinski definition) is 1. The van der Waals surface area contributed by atoms with Crippen molar-refractivity contribution >= 4 is 33.3 Å². The van der Waals surface area contributed by atoms with Gasteiger partial charge in [0.1, 0.15) is 5.69 Å². The van der Waals surface area contributed by atoms with Gasteiger partial charge in [-0.25, -0.2) is 0 Å². The average Bonchev–Trinajstić information content (AvgIpc) is 2.92. The van der Waals surface area contributed by atoms with Crippen LogP contribution in [0, 0.1) is 0 Å². The molecule has 0 atom stereocenters. The van der Waals surface area contributed by atoms with Crippen molar-refractivity contribution in [2.24, 2.45) is 7.05 Å². The van der Waals surface area contributed by atoms with Crippen LogP contribution in [0.5, 0.6) is 0 Å². The predicted octanol–water partition coefficient (Wildman–Crippen LogP) is 1.84. The summed E-state index contributed by atoms with van der Waals surface area (Å²) in [6.07, 6.45) is 2.22. The number of hydrogen-bond acceptors (Lipinski definition) is 4.